The standard InChI is InChI=1S/C21H26O5/c1-3-9-19(15-11-5-7-13-17(15)22)25-21(24)26-20(10-4-2)16-12-6-8-14-18(16)23/h5-8,11-14,19-20,22-23H,3-4,9-10H2,1-2H3. The number of carbonyl (C=O) groups excluding carboxylic acids is 1. The van der Waals surface area contributed by atoms with E-state index in [1.807, 2.05) is 13.8 Å². The fourth-order valence-corrected chi connectivity index (χ4v) is 2.86. The van der Waals surface area contributed by atoms with Gasteiger partial charge in [0.2, 0.25) is 0 Å². The minimum atomic E-state index is -0.812. The van der Waals surface area contributed by atoms with Crippen LogP contribution in [-0.4, -0.2) is 16.4 Å². The van der Waals surface area contributed by atoms with E-state index in [9.17, 15) is 15.0 Å². The van der Waals surface area contributed by atoms with Gasteiger partial charge in [-0.25, -0.2) is 4.79 Å². The molecule has 0 amide bonds. The van der Waals surface area contributed by atoms with Crippen LogP contribution in [0.2, 0.25) is 0 Å². The molecule has 0 bridgehead atoms. The average Bonchev–Trinajstić information content (AvgIpc) is 2.62. The van der Waals surface area contributed by atoms with Crippen LogP contribution >= 0.6 is 0 Å². The van der Waals surface area contributed by atoms with Crippen molar-refractivity contribution >= 4 is 6.16 Å². The molecule has 26 heavy (non-hydrogen) atoms. The third kappa shape index (κ3) is 5.15. The highest BCUT2D eigenvalue weighted by atomic mass is 16.7. The first-order valence-corrected chi connectivity index (χ1v) is 8.99. The number of benzene rings is 2. The first-order chi connectivity index (χ1) is 12.6. The quantitative estimate of drug-likeness (QED) is 0.598. The summed E-state index contributed by atoms with van der Waals surface area (Å²) in [6.45, 7) is 3.95. The van der Waals surface area contributed by atoms with Gasteiger partial charge in [0.15, 0.2) is 0 Å². The van der Waals surface area contributed by atoms with Crippen LogP contribution in [0.1, 0.15) is 62.9 Å². The highest BCUT2D eigenvalue weighted by Gasteiger charge is 2.24. The van der Waals surface area contributed by atoms with E-state index < -0.39 is 18.4 Å². The lowest BCUT2D eigenvalue weighted by Crippen LogP contribution is -2.16. The normalized spacial score (nSPS) is 13.0. The molecule has 0 heterocycles. The van der Waals surface area contributed by atoms with Gasteiger partial charge in [0.25, 0.3) is 0 Å². The zero-order valence-corrected chi connectivity index (χ0v) is 15.2. The number of aromatic hydroxyl groups is 2. The molecule has 140 valence electrons. The first kappa shape index (κ1) is 19.6. The Kier molecular flexibility index (Phi) is 7.33. The van der Waals surface area contributed by atoms with Gasteiger partial charge in [-0.3, -0.25) is 0 Å². The van der Waals surface area contributed by atoms with E-state index in [1.54, 1.807) is 48.5 Å². The molecule has 2 aromatic carbocycles. The fourth-order valence-electron chi connectivity index (χ4n) is 2.86. The summed E-state index contributed by atoms with van der Waals surface area (Å²) < 4.78 is 11.0. The van der Waals surface area contributed by atoms with Crippen molar-refractivity contribution in [3.8, 4) is 11.5 Å². The second kappa shape index (κ2) is 9.70. The Bertz CT molecular complexity index is 654. The molecule has 0 spiro atoms. The van der Waals surface area contributed by atoms with Crippen molar-refractivity contribution < 1.29 is 24.5 Å². The van der Waals surface area contributed by atoms with Gasteiger partial charge >= 0.3 is 6.16 Å². The number of carbonyl (C=O) groups is 1. The second-order valence-electron chi connectivity index (χ2n) is 6.16. The van der Waals surface area contributed by atoms with E-state index in [2.05, 4.69) is 0 Å². The largest absolute Gasteiger partial charge is 0.509 e. The van der Waals surface area contributed by atoms with Gasteiger partial charge in [0, 0.05) is 11.1 Å². The lowest BCUT2D eigenvalue weighted by Gasteiger charge is -2.22. The Morgan fingerprint density at radius 1 is 0.808 bits per heavy atom. The molecule has 2 unspecified atom stereocenters. The molecule has 0 fully saturated rings. The van der Waals surface area contributed by atoms with Crippen LogP contribution in [-0.2, 0) is 9.47 Å². The summed E-state index contributed by atoms with van der Waals surface area (Å²) in [6, 6.07) is 13.6. The minimum Gasteiger partial charge on any atom is -0.508 e. The average molecular weight is 358 g/mol. The van der Waals surface area contributed by atoms with Crippen LogP contribution in [0, 0.1) is 0 Å². The molecule has 5 nitrogen and oxygen atoms in total. The molecule has 0 saturated heterocycles. The van der Waals surface area contributed by atoms with E-state index in [4.69, 9.17) is 9.47 Å². The van der Waals surface area contributed by atoms with Crippen molar-refractivity contribution in [2.24, 2.45) is 0 Å². The van der Waals surface area contributed by atoms with Crippen molar-refractivity contribution in [1.29, 1.82) is 0 Å². The molecule has 0 aliphatic carbocycles. The van der Waals surface area contributed by atoms with Crippen molar-refractivity contribution in [2.45, 2.75) is 51.7 Å². The number of ether oxygens (including phenoxy) is 2. The topological polar surface area (TPSA) is 76.0 Å². The van der Waals surface area contributed by atoms with Crippen molar-refractivity contribution in [1.82, 2.24) is 0 Å². The number of phenols is 2. The summed E-state index contributed by atoms with van der Waals surface area (Å²) in [5.41, 5.74) is 1.11. The Balaban J connectivity index is 2.13. The lowest BCUT2D eigenvalue weighted by atomic mass is 10.0. The van der Waals surface area contributed by atoms with Crippen LogP contribution in [0.4, 0.5) is 4.79 Å². The van der Waals surface area contributed by atoms with Crippen molar-refractivity contribution in [3.63, 3.8) is 0 Å². The van der Waals surface area contributed by atoms with E-state index in [0.29, 0.717) is 24.0 Å². The molecule has 2 atom stereocenters. The maximum atomic E-state index is 12.4. The van der Waals surface area contributed by atoms with E-state index in [0.717, 1.165) is 12.8 Å². The molecule has 2 rings (SSSR count). The maximum absolute atomic E-state index is 12.4. The summed E-state index contributed by atoms with van der Waals surface area (Å²) in [5.74, 6) is 0.175. The summed E-state index contributed by atoms with van der Waals surface area (Å²) in [7, 11) is 0. The SMILES string of the molecule is CCCC(OC(=O)OC(CCC)c1ccccc1O)c1ccccc1O. The number of hydrogen-bond acceptors (Lipinski definition) is 5. The molecular formula is C21H26O5. The van der Waals surface area contributed by atoms with Gasteiger partial charge in [-0.1, -0.05) is 63.1 Å². The Labute approximate surface area is 154 Å². The van der Waals surface area contributed by atoms with E-state index in [-0.39, 0.29) is 11.5 Å². The number of para-hydroxylation sites is 2. The van der Waals surface area contributed by atoms with Crippen molar-refractivity contribution in [2.75, 3.05) is 0 Å². The fraction of sp³-hybridized carbons (Fsp3) is 0.381. The summed E-state index contributed by atoms with van der Waals surface area (Å²) >= 11 is 0. The molecule has 0 aliphatic heterocycles. The third-order valence-corrected chi connectivity index (χ3v) is 4.15. The predicted molar refractivity (Wildman–Crippen MR) is 99.1 cm³/mol. The summed E-state index contributed by atoms with van der Waals surface area (Å²) in [4.78, 5) is 12.4. The summed E-state index contributed by atoms with van der Waals surface area (Å²) in [5, 5.41) is 20.1. The highest BCUT2D eigenvalue weighted by molar-refractivity contribution is 5.61. The highest BCUT2D eigenvalue weighted by Crippen LogP contribution is 2.33. The van der Waals surface area contributed by atoms with Gasteiger partial charge in [0.1, 0.15) is 23.7 Å². The first-order valence-electron chi connectivity index (χ1n) is 8.99. The van der Waals surface area contributed by atoms with Gasteiger partial charge in [-0.2, -0.15) is 0 Å². The van der Waals surface area contributed by atoms with Crippen LogP contribution < -0.4 is 0 Å². The van der Waals surface area contributed by atoms with Crippen LogP contribution in [0.25, 0.3) is 0 Å². The van der Waals surface area contributed by atoms with Crippen molar-refractivity contribution in [3.05, 3.63) is 59.7 Å². The molecular weight excluding hydrogens is 332 g/mol. The molecule has 0 aromatic heterocycles. The lowest BCUT2D eigenvalue weighted by molar-refractivity contribution is -0.00869. The van der Waals surface area contributed by atoms with Crippen LogP contribution in [0.15, 0.2) is 48.5 Å². The van der Waals surface area contributed by atoms with Gasteiger partial charge in [-0.15, -0.1) is 0 Å². The zero-order chi connectivity index (χ0) is 18.9. The Morgan fingerprint density at radius 2 is 1.19 bits per heavy atom. The summed E-state index contributed by atoms with van der Waals surface area (Å²) in [6.07, 6.45) is 0.728. The van der Waals surface area contributed by atoms with E-state index in [1.165, 1.54) is 0 Å². The van der Waals surface area contributed by atoms with E-state index >= 15 is 0 Å². The monoisotopic (exact) mass is 358 g/mol. The smallest absolute Gasteiger partial charge is 0.508 e. The van der Waals surface area contributed by atoms with Gasteiger partial charge in [0.05, 0.1) is 0 Å². The Hall–Kier alpha value is -2.69. The Morgan fingerprint density at radius 3 is 1.54 bits per heavy atom. The molecule has 5 heteroatoms. The zero-order valence-electron chi connectivity index (χ0n) is 15.2. The minimum absolute atomic E-state index is 0.0876. The number of phenolic OH excluding ortho intramolecular Hbond substituents is 2. The van der Waals surface area contributed by atoms with Crippen LogP contribution in [0.5, 0.6) is 11.5 Å². The molecule has 2 N–H and O–H groups in total. The van der Waals surface area contributed by atoms with Crippen LogP contribution in [0.3, 0.4) is 0 Å². The number of hydrogen-bond donors (Lipinski definition) is 2. The predicted octanol–water partition coefficient (Wildman–Crippen LogP) is 5.63. The van der Waals surface area contributed by atoms with Gasteiger partial charge < -0.3 is 19.7 Å². The molecule has 2 aromatic rings. The molecule has 0 saturated carbocycles. The third-order valence-electron chi connectivity index (χ3n) is 4.15. The second-order valence-corrected chi connectivity index (χ2v) is 6.16. The number of rotatable bonds is 8. The van der Waals surface area contributed by atoms with Gasteiger partial charge in [-0.05, 0) is 25.0 Å². The molecule has 0 radical (unpaired) electrons. The maximum Gasteiger partial charge on any atom is 0.509 e. The molecule has 0 aliphatic rings.